The normalized spacial score (nSPS) is 10.8. The molecule has 1 heterocycles. The molecule has 0 saturated carbocycles. The maximum Gasteiger partial charge on any atom is 0.219 e. The molecule has 0 fully saturated rings. The Hall–Kier alpha value is -3.15. The van der Waals surface area contributed by atoms with Crippen molar-refractivity contribution in [2.45, 2.75) is 6.92 Å². The Balaban J connectivity index is 2.46. The van der Waals surface area contributed by atoms with Gasteiger partial charge < -0.3 is 14.8 Å². The number of fused-ring (bicyclic) bond motifs is 1. The van der Waals surface area contributed by atoms with Gasteiger partial charge in [-0.05, 0) is 53.1 Å². The molecular formula is C18H15FN2O3. The fourth-order valence-corrected chi connectivity index (χ4v) is 2.95. The molecule has 1 aromatic heterocycles. The summed E-state index contributed by atoms with van der Waals surface area (Å²) in [7, 11) is 1.50. The summed E-state index contributed by atoms with van der Waals surface area (Å²) in [5.74, 6) is -0.232. The van der Waals surface area contributed by atoms with Crippen LogP contribution in [0, 0.1) is 17.6 Å². The van der Waals surface area contributed by atoms with Crippen molar-refractivity contribution in [2.75, 3.05) is 7.11 Å². The number of methoxy groups -OCH3 is 1. The predicted molar refractivity (Wildman–Crippen MR) is 92.2 cm³/mol. The number of aromatic hydroxyl groups is 1. The highest BCUT2D eigenvalue weighted by Gasteiger charge is 2.20. The summed E-state index contributed by atoms with van der Waals surface area (Å²) in [4.78, 5) is 13.8. The largest absolute Gasteiger partial charge is 0.496 e. The van der Waals surface area contributed by atoms with Gasteiger partial charge in [-0.25, -0.2) is 4.39 Å². The van der Waals surface area contributed by atoms with Gasteiger partial charge in [0.05, 0.1) is 12.6 Å². The van der Waals surface area contributed by atoms with Gasteiger partial charge in [0.25, 0.3) is 0 Å². The van der Waals surface area contributed by atoms with Crippen LogP contribution in [-0.2, 0) is 0 Å². The van der Waals surface area contributed by atoms with Crippen LogP contribution in [0.4, 0.5) is 10.1 Å². The molecule has 3 rings (SSSR count). The highest BCUT2D eigenvalue weighted by Crippen LogP contribution is 2.43. The molecule has 0 bridgehead atoms. The molecule has 2 N–H and O–H groups in total. The molecule has 3 aromatic rings. The van der Waals surface area contributed by atoms with Crippen LogP contribution in [0.5, 0.6) is 11.6 Å². The maximum absolute atomic E-state index is 13.8. The SMILES string of the molecule is C=Cc1c(-c2cc(F)ccc2OC)cc2c(N=O)c(O)[nH]c2c1C. The average Bonchev–Trinajstić information content (AvgIpc) is 2.90. The molecule has 6 heteroatoms. The standard InChI is InChI=1S/C18H15FN2O3/c1-4-11-9(2)16-14(17(21-23)18(22)20-16)8-12(11)13-7-10(19)5-6-15(13)24-3/h4-8,20,22H,1H2,2-3H3. The number of nitroso groups, excluding NO2 is 1. The highest BCUT2D eigenvalue weighted by molar-refractivity contribution is 6.02. The number of H-pyrrole nitrogens is 1. The Bertz CT molecular complexity index is 976. The molecule has 0 atom stereocenters. The van der Waals surface area contributed by atoms with E-state index in [4.69, 9.17) is 4.74 Å². The quantitative estimate of drug-likeness (QED) is 0.660. The molecule has 0 aliphatic heterocycles. The van der Waals surface area contributed by atoms with Gasteiger partial charge in [-0.1, -0.05) is 12.7 Å². The van der Waals surface area contributed by atoms with E-state index in [-0.39, 0.29) is 11.6 Å². The van der Waals surface area contributed by atoms with Crippen molar-refractivity contribution in [1.82, 2.24) is 4.98 Å². The number of nitrogens with one attached hydrogen (secondary N) is 1. The topological polar surface area (TPSA) is 74.7 Å². The van der Waals surface area contributed by atoms with Crippen molar-refractivity contribution < 1.29 is 14.2 Å². The van der Waals surface area contributed by atoms with E-state index >= 15 is 0 Å². The smallest absolute Gasteiger partial charge is 0.219 e. The van der Waals surface area contributed by atoms with Gasteiger partial charge in [0.2, 0.25) is 5.88 Å². The number of hydrogen-bond acceptors (Lipinski definition) is 4. The first-order chi connectivity index (χ1) is 11.5. The van der Waals surface area contributed by atoms with E-state index in [1.165, 1.54) is 25.3 Å². The van der Waals surface area contributed by atoms with Gasteiger partial charge in [0.1, 0.15) is 11.6 Å². The van der Waals surface area contributed by atoms with E-state index in [1.807, 2.05) is 6.92 Å². The minimum absolute atomic E-state index is 0.0830. The second kappa shape index (κ2) is 5.81. The molecule has 0 unspecified atom stereocenters. The van der Waals surface area contributed by atoms with Crippen LogP contribution < -0.4 is 4.74 Å². The Morgan fingerprint density at radius 3 is 2.71 bits per heavy atom. The van der Waals surface area contributed by atoms with Crippen molar-refractivity contribution in [3.05, 3.63) is 52.7 Å². The third-order valence-corrected chi connectivity index (χ3v) is 4.10. The lowest BCUT2D eigenvalue weighted by Crippen LogP contribution is -1.94. The Kier molecular flexibility index (Phi) is 3.81. The molecule has 0 aliphatic rings. The van der Waals surface area contributed by atoms with Gasteiger partial charge in [-0.3, -0.25) is 0 Å². The zero-order valence-electron chi connectivity index (χ0n) is 13.2. The summed E-state index contributed by atoms with van der Waals surface area (Å²) in [5, 5.41) is 13.2. The van der Waals surface area contributed by atoms with Crippen LogP contribution >= 0.6 is 0 Å². The van der Waals surface area contributed by atoms with Crippen LogP contribution in [-0.4, -0.2) is 17.2 Å². The molecular weight excluding hydrogens is 311 g/mol. The minimum Gasteiger partial charge on any atom is -0.496 e. The van der Waals surface area contributed by atoms with Gasteiger partial charge in [0.15, 0.2) is 5.69 Å². The van der Waals surface area contributed by atoms with Crippen LogP contribution in [0.3, 0.4) is 0 Å². The first-order valence-corrected chi connectivity index (χ1v) is 7.19. The molecule has 24 heavy (non-hydrogen) atoms. The number of ether oxygens (including phenoxy) is 1. The van der Waals surface area contributed by atoms with E-state index < -0.39 is 5.82 Å². The average molecular weight is 326 g/mol. The zero-order valence-corrected chi connectivity index (χ0v) is 13.2. The summed E-state index contributed by atoms with van der Waals surface area (Å²) < 4.78 is 19.1. The number of halogens is 1. The maximum atomic E-state index is 13.8. The van der Waals surface area contributed by atoms with E-state index in [0.29, 0.717) is 27.8 Å². The van der Waals surface area contributed by atoms with Crippen molar-refractivity contribution >= 4 is 22.7 Å². The Morgan fingerprint density at radius 1 is 1.33 bits per heavy atom. The summed E-state index contributed by atoms with van der Waals surface area (Å²) in [6, 6.07) is 5.86. The number of aromatic amines is 1. The van der Waals surface area contributed by atoms with Crippen molar-refractivity contribution in [3.63, 3.8) is 0 Å². The monoisotopic (exact) mass is 326 g/mol. The molecule has 0 amide bonds. The Morgan fingerprint density at radius 2 is 2.08 bits per heavy atom. The van der Waals surface area contributed by atoms with E-state index in [9.17, 15) is 14.4 Å². The summed E-state index contributed by atoms with van der Waals surface area (Å²) in [5.41, 5.74) is 3.15. The van der Waals surface area contributed by atoms with E-state index in [2.05, 4.69) is 16.7 Å². The Labute approximate surface area is 137 Å². The third-order valence-electron chi connectivity index (χ3n) is 4.10. The van der Waals surface area contributed by atoms with Gasteiger partial charge in [-0.2, -0.15) is 0 Å². The van der Waals surface area contributed by atoms with Crippen LogP contribution in [0.25, 0.3) is 28.1 Å². The van der Waals surface area contributed by atoms with Crippen molar-refractivity contribution in [3.8, 4) is 22.8 Å². The molecule has 2 aromatic carbocycles. The first kappa shape index (κ1) is 15.7. The van der Waals surface area contributed by atoms with Crippen LogP contribution in [0.15, 0.2) is 36.0 Å². The lowest BCUT2D eigenvalue weighted by Gasteiger charge is -2.14. The number of hydrogen-bond donors (Lipinski definition) is 2. The zero-order chi connectivity index (χ0) is 17.4. The fraction of sp³-hybridized carbons (Fsp3) is 0.111. The first-order valence-electron chi connectivity index (χ1n) is 7.19. The molecule has 5 nitrogen and oxygen atoms in total. The van der Waals surface area contributed by atoms with Crippen LogP contribution in [0.2, 0.25) is 0 Å². The number of aromatic nitrogens is 1. The highest BCUT2D eigenvalue weighted by atomic mass is 19.1. The number of benzene rings is 2. The fourth-order valence-electron chi connectivity index (χ4n) is 2.95. The molecule has 0 saturated heterocycles. The lowest BCUT2D eigenvalue weighted by atomic mass is 9.93. The molecule has 0 radical (unpaired) electrons. The lowest BCUT2D eigenvalue weighted by molar-refractivity contribution is 0.415. The second-order valence-electron chi connectivity index (χ2n) is 5.35. The molecule has 0 aliphatic carbocycles. The third kappa shape index (κ3) is 2.23. The van der Waals surface area contributed by atoms with Crippen LogP contribution in [0.1, 0.15) is 11.1 Å². The minimum atomic E-state index is -0.413. The van der Waals surface area contributed by atoms with Crippen molar-refractivity contribution in [2.24, 2.45) is 5.18 Å². The van der Waals surface area contributed by atoms with Crippen molar-refractivity contribution in [1.29, 1.82) is 0 Å². The summed E-state index contributed by atoms with van der Waals surface area (Å²) in [6.45, 7) is 5.63. The van der Waals surface area contributed by atoms with Gasteiger partial charge in [0, 0.05) is 10.9 Å². The number of rotatable bonds is 4. The van der Waals surface area contributed by atoms with E-state index in [0.717, 1.165) is 11.1 Å². The van der Waals surface area contributed by atoms with Gasteiger partial charge in [-0.15, -0.1) is 4.91 Å². The van der Waals surface area contributed by atoms with Gasteiger partial charge >= 0.3 is 0 Å². The predicted octanol–water partition coefficient (Wildman–Crippen LogP) is 5.04. The molecule has 0 spiro atoms. The number of nitrogens with zero attached hydrogens (tertiary/aromatic N) is 1. The van der Waals surface area contributed by atoms with E-state index in [1.54, 1.807) is 12.1 Å². The summed E-state index contributed by atoms with van der Waals surface area (Å²) in [6.07, 6.45) is 1.64. The number of aryl methyl sites for hydroxylation is 1. The molecule has 122 valence electrons. The summed E-state index contributed by atoms with van der Waals surface area (Å²) >= 11 is 0. The second-order valence-corrected chi connectivity index (χ2v) is 5.35.